The number of nitriles is 1. The van der Waals surface area contributed by atoms with Crippen LogP contribution in [0.25, 0.3) is 0 Å². The fraction of sp³-hybridized carbons (Fsp3) is 0.474. The summed E-state index contributed by atoms with van der Waals surface area (Å²) in [6.45, 7) is 5.43. The molecule has 4 rings (SSSR count). The maximum atomic E-state index is 9.37. The number of hydrogen-bond acceptors (Lipinski definition) is 7. The zero-order valence-corrected chi connectivity index (χ0v) is 16.8. The molecule has 0 bridgehead atoms. The highest BCUT2D eigenvalue weighted by Gasteiger charge is 2.22. The molecule has 2 aromatic heterocycles. The Balaban J connectivity index is 1.40. The van der Waals surface area contributed by atoms with Crippen LogP contribution >= 0.6 is 15.9 Å². The molecular formula is C19H22BrN7. The van der Waals surface area contributed by atoms with Crippen molar-refractivity contribution in [3.8, 4) is 6.07 Å². The number of piperazine rings is 1. The van der Waals surface area contributed by atoms with E-state index in [2.05, 4.69) is 64.0 Å². The highest BCUT2D eigenvalue weighted by molar-refractivity contribution is 9.10. The Bertz CT molecular complexity index is 819. The van der Waals surface area contributed by atoms with Gasteiger partial charge in [-0.25, -0.2) is 4.98 Å². The molecule has 0 atom stereocenters. The number of hydrogen-bond donors (Lipinski definition) is 0. The third-order valence-electron chi connectivity index (χ3n) is 5.17. The van der Waals surface area contributed by atoms with Crippen molar-refractivity contribution in [2.45, 2.75) is 19.3 Å². The number of rotatable bonds is 3. The lowest BCUT2D eigenvalue weighted by Crippen LogP contribution is -2.47. The van der Waals surface area contributed by atoms with Gasteiger partial charge in [-0.15, -0.1) is 10.2 Å². The molecule has 2 aliphatic heterocycles. The normalized spacial score (nSPS) is 17.7. The minimum atomic E-state index is 0.600. The molecule has 0 aliphatic carbocycles. The molecule has 0 spiro atoms. The van der Waals surface area contributed by atoms with Gasteiger partial charge in [0, 0.05) is 49.9 Å². The average Bonchev–Trinajstić information content (AvgIpc) is 2.74. The first-order chi connectivity index (χ1) is 13.2. The van der Waals surface area contributed by atoms with E-state index in [-0.39, 0.29) is 0 Å². The van der Waals surface area contributed by atoms with Gasteiger partial charge in [-0.05, 0) is 53.4 Å². The molecule has 0 N–H and O–H groups in total. The first kappa shape index (κ1) is 18.0. The highest BCUT2D eigenvalue weighted by Crippen LogP contribution is 2.24. The van der Waals surface area contributed by atoms with Crippen molar-refractivity contribution >= 4 is 33.4 Å². The van der Waals surface area contributed by atoms with Crippen LogP contribution in [0.1, 0.15) is 24.8 Å². The lowest BCUT2D eigenvalue weighted by Gasteiger charge is -2.36. The number of halogens is 1. The van der Waals surface area contributed by atoms with E-state index < -0.39 is 0 Å². The Morgan fingerprint density at radius 3 is 2.04 bits per heavy atom. The zero-order valence-electron chi connectivity index (χ0n) is 15.2. The molecular weight excluding hydrogens is 406 g/mol. The van der Waals surface area contributed by atoms with Crippen LogP contribution in [0.2, 0.25) is 0 Å². The third kappa shape index (κ3) is 3.98. The Kier molecular flexibility index (Phi) is 5.39. The predicted octanol–water partition coefficient (Wildman–Crippen LogP) is 2.82. The highest BCUT2D eigenvalue weighted by atomic mass is 79.9. The van der Waals surface area contributed by atoms with Gasteiger partial charge in [0.25, 0.3) is 0 Å². The van der Waals surface area contributed by atoms with Gasteiger partial charge in [0.05, 0.1) is 5.56 Å². The summed E-state index contributed by atoms with van der Waals surface area (Å²) in [5.74, 6) is 2.65. The summed E-state index contributed by atoms with van der Waals surface area (Å²) >= 11 is 3.38. The molecule has 0 amide bonds. The van der Waals surface area contributed by atoms with E-state index in [0.717, 1.165) is 61.2 Å². The maximum Gasteiger partial charge on any atom is 0.151 e. The van der Waals surface area contributed by atoms with Crippen LogP contribution in [0.3, 0.4) is 0 Å². The van der Waals surface area contributed by atoms with Crippen molar-refractivity contribution in [3.05, 3.63) is 34.4 Å². The molecule has 0 radical (unpaired) electrons. The van der Waals surface area contributed by atoms with E-state index in [1.54, 1.807) is 6.20 Å². The van der Waals surface area contributed by atoms with Crippen LogP contribution in [-0.4, -0.2) is 54.4 Å². The second kappa shape index (κ2) is 8.09. The van der Waals surface area contributed by atoms with E-state index >= 15 is 0 Å². The minimum Gasteiger partial charge on any atom is -0.355 e. The van der Waals surface area contributed by atoms with Crippen molar-refractivity contribution in [3.63, 3.8) is 0 Å². The predicted molar refractivity (Wildman–Crippen MR) is 109 cm³/mol. The smallest absolute Gasteiger partial charge is 0.151 e. The lowest BCUT2D eigenvalue weighted by molar-refractivity contribution is 0.570. The molecule has 0 saturated carbocycles. The summed E-state index contributed by atoms with van der Waals surface area (Å²) < 4.78 is 0.825. The van der Waals surface area contributed by atoms with E-state index in [1.165, 1.54) is 19.3 Å². The topological polar surface area (TPSA) is 72.2 Å². The van der Waals surface area contributed by atoms with E-state index in [9.17, 15) is 5.26 Å². The van der Waals surface area contributed by atoms with Crippen LogP contribution in [0.5, 0.6) is 0 Å². The van der Waals surface area contributed by atoms with Crippen LogP contribution < -0.4 is 14.7 Å². The Morgan fingerprint density at radius 1 is 0.852 bits per heavy atom. The molecule has 8 heteroatoms. The van der Waals surface area contributed by atoms with E-state index in [0.29, 0.717) is 5.56 Å². The average molecular weight is 428 g/mol. The molecule has 0 unspecified atom stereocenters. The van der Waals surface area contributed by atoms with Crippen molar-refractivity contribution in [2.75, 3.05) is 54.0 Å². The number of piperidine rings is 1. The van der Waals surface area contributed by atoms with Crippen LogP contribution in [-0.2, 0) is 0 Å². The summed E-state index contributed by atoms with van der Waals surface area (Å²) in [7, 11) is 0. The molecule has 2 aromatic rings. The van der Waals surface area contributed by atoms with Crippen LogP contribution in [0, 0.1) is 11.3 Å². The quantitative estimate of drug-likeness (QED) is 0.745. The third-order valence-corrected chi connectivity index (χ3v) is 5.61. The first-order valence-corrected chi connectivity index (χ1v) is 10.2. The van der Waals surface area contributed by atoms with Crippen molar-refractivity contribution < 1.29 is 0 Å². The zero-order chi connectivity index (χ0) is 18.6. The van der Waals surface area contributed by atoms with E-state index in [4.69, 9.17) is 0 Å². The van der Waals surface area contributed by atoms with Gasteiger partial charge in [0.2, 0.25) is 0 Å². The Morgan fingerprint density at radius 2 is 1.44 bits per heavy atom. The summed E-state index contributed by atoms with van der Waals surface area (Å²) in [6, 6.07) is 8.22. The molecule has 2 saturated heterocycles. The molecule has 140 valence electrons. The fourth-order valence-electron chi connectivity index (χ4n) is 3.69. The maximum absolute atomic E-state index is 9.37. The van der Waals surface area contributed by atoms with Crippen molar-refractivity contribution in [1.29, 1.82) is 5.26 Å². The molecule has 4 heterocycles. The van der Waals surface area contributed by atoms with Crippen molar-refractivity contribution in [2.24, 2.45) is 0 Å². The molecule has 27 heavy (non-hydrogen) atoms. The van der Waals surface area contributed by atoms with Gasteiger partial charge < -0.3 is 14.7 Å². The fourth-order valence-corrected chi connectivity index (χ4v) is 4.02. The van der Waals surface area contributed by atoms with Gasteiger partial charge in [0.1, 0.15) is 11.9 Å². The first-order valence-electron chi connectivity index (χ1n) is 9.39. The van der Waals surface area contributed by atoms with E-state index in [1.807, 2.05) is 6.07 Å². The van der Waals surface area contributed by atoms with Gasteiger partial charge in [-0.1, -0.05) is 0 Å². The molecule has 2 fully saturated rings. The van der Waals surface area contributed by atoms with Crippen LogP contribution in [0.4, 0.5) is 17.5 Å². The summed E-state index contributed by atoms with van der Waals surface area (Å²) in [6.07, 6.45) is 5.53. The van der Waals surface area contributed by atoms with Gasteiger partial charge >= 0.3 is 0 Å². The SMILES string of the molecule is N#Cc1cc(Br)cnc1N1CCN(c2ccc(N3CCCCC3)nn2)CC1. The molecule has 7 nitrogen and oxygen atoms in total. The number of aromatic nitrogens is 3. The summed E-state index contributed by atoms with van der Waals surface area (Å²) in [4.78, 5) is 11.2. The monoisotopic (exact) mass is 427 g/mol. The molecule has 2 aliphatic rings. The standard InChI is InChI=1S/C19H22BrN7/c20-16-12-15(13-21)19(22-14-16)27-10-8-26(9-11-27)18-5-4-17(23-24-18)25-6-2-1-3-7-25/h4-5,12,14H,1-3,6-11H2. The Labute approximate surface area is 167 Å². The number of pyridine rings is 1. The Hall–Kier alpha value is -2.40. The number of anilines is 3. The summed E-state index contributed by atoms with van der Waals surface area (Å²) in [5, 5.41) is 18.3. The van der Waals surface area contributed by atoms with Gasteiger partial charge in [-0.3, -0.25) is 0 Å². The second-order valence-corrected chi connectivity index (χ2v) is 7.82. The largest absolute Gasteiger partial charge is 0.355 e. The van der Waals surface area contributed by atoms with Crippen LogP contribution in [0.15, 0.2) is 28.9 Å². The van der Waals surface area contributed by atoms with Gasteiger partial charge in [-0.2, -0.15) is 5.26 Å². The second-order valence-electron chi connectivity index (χ2n) is 6.91. The molecule has 0 aromatic carbocycles. The number of nitrogens with zero attached hydrogens (tertiary/aromatic N) is 7. The van der Waals surface area contributed by atoms with Gasteiger partial charge in [0.15, 0.2) is 11.6 Å². The lowest BCUT2D eigenvalue weighted by atomic mass is 10.1. The summed E-state index contributed by atoms with van der Waals surface area (Å²) in [5.41, 5.74) is 0.600. The minimum absolute atomic E-state index is 0.600. The van der Waals surface area contributed by atoms with Crippen molar-refractivity contribution in [1.82, 2.24) is 15.2 Å².